The van der Waals surface area contributed by atoms with Crippen LogP contribution in [-0.4, -0.2) is 5.54 Å². The van der Waals surface area contributed by atoms with E-state index in [1.807, 2.05) is 0 Å². The van der Waals surface area contributed by atoms with Crippen molar-refractivity contribution < 1.29 is 0 Å². The Hall–Kier alpha value is -0.760. The molecule has 2 rings (SSSR count). The number of halogens is 1. The Morgan fingerprint density at radius 2 is 2.00 bits per heavy atom. The molecule has 14 heavy (non-hydrogen) atoms. The summed E-state index contributed by atoms with van der Waals surface area (Å²) in [4.78, 5) is 0. The van der Waals surface area contributed by atoms with Gasteiger partial charge in [-0.3, -0.25) is 0 Å². The van der Waals surface area contributed by atoms with Crippen molar-refractivity contribution in [1.82, 2.24) is 0 Å². The van der Waals surface area contributed by atoms with Gasteiger partial charge in [0, 0.05) is 15.7 Å². The molecule has 0 unspecified atom stereocenters. The molecule has 0 saturated carbocycles. The average Bonchev–Trinajstić information content (AvgIpc) is 2.00. The Morgan fingerprint density at radius 3 is 2.71 bits per heavy atom. The molecule has 1 aromatic rings. The predicted octanol–water partition coefficient (Wildman–Crippen LogP) is 4.06. The SMILES string of the molecule is CC1=CC(C)(C)Nc2cc(Br)ccc21. The Bertz CT molecular complexity index is 405. The zero-order valence-electron chi connectivity index (χ0n) is 8.69. The first-order valence-corrected chi connectivity index (χ1v) is 5.55. The molecule has 74 valence electrons. The third-order valence-corrected chi connectivity index (χ3v) is 2.93. The molecule has 2 heteroatoms. The van der Waals surface area contributed by atoms with Crippen molar-refractivity contribution in [2.24, 2.45) is 0 Å². The average molecular weight is 252 g/mol. The van der Waals surface area contributed by atoms with Gasteiger partial charge in [-0.15, -0.1) is 0 Å². The second-order valence-electron chi connectivity index (χ2n) is 4.36. The molecule has 1 aromatic carbocycles. The monoisotopic (exact) mass is 251 g/mol. The zero-order valence-corrected chi connectivity index (χ0v) is 10.3. The molecule has 1 aliphatic heterocycles. The first-order valence-electron chi connectivity index (χ1n) is 4.75. The van der Waals surface area contributed by atoms with Crippen molar-refractivity contribution in [3.8, 4) is 0 Å². The van der Waals surface area contributed by atoms with E-state index in [0.29, 0.717) is 0 Å². The maximum absolute atomic E-state index is 3.50. The summed E-state index contributed by atoms with van der Waals surface area (Å²) in [6.45, 7) is 6.52. The van der Waals surface area contributed by atoms with Crippen LogP contribution in [-0.2, 0) is 0 Å². The van der Waals surface area contributed by atoms with Gasteiger partial charge < -0.3 is 5.32 Å². The summed E-state index contributed by atoms with van der Waals surface area (Å²) in [5.74, 6) is 0. The molecular weight excluding hydrogens is 238 g/mol. The lowest BCUT2D eigenvalue weighted by Gasteiger charge is -2.31. The Kier molecular flexibility index (Phi) is 2.18. The van der Waals surface area contributed by atoms with E-state index >= 15 is 0 Å². The van der Waals surface area contributed by atoms with Crippen LogP contribution in [0.15, 0.2) is 28.7 Å². The van der Waals surface area contributed by atoms with Crippen LogP contribution in [0.2, 0.25) is 0 Å². The molecule has 0 radical (unpaired) electrons. The van der Waals surface area contributed by atoms with Gasteiger partial charge in [0.1, 0.15) is 0 Å². The molecule has 0 atom stereocenters. The third-order valence-electron chi connectivity index (χ3n) is 2.44. The van der Waals surface area contributed by atoms with Crippen molar-refractivity contribution in [2.45, 2.75) is 26.3 Å². The molecule has 1 aliphatic rings. The summed E-state index contributed by atoms with van der Waals surface area (Å²) in [6.07, 6.45) is 2.27. The molecule has 0 aliphatic carbocycles. The number of hydrogen-bond donors (Lipinski definition) is 1. The molecule has 1 N–H and O–H groups in total. The summed E-state index contributed by atoms with van der Waals surface area (Å²) < 4.78 is 1.12. The minimum Gasteiger partial charge on any atom is -0.376 e. The van der Waals surface area contributed by atoms with Gasteiger partial charge in [-0.1, -0.05) is 28.1 Å². The number of allylic oxidation sites excluding steroid dienone is 1. The van der Waals surface area contributed by atoms with E-state index in [2.05, 4.69) is 66.3 Å². The standard InChI is InChI=1S/C12H14BrN/c1-8-7-12(2,3)14-11-6-9(13)4-5-10(8)11/h4-7,14H,1-3H3. The van der Waals surface area contributed by atoms with E-state index in [1.165, 1.54) is 16.8 Å². The second-order valence-corrected chi connectivity index (χ2v) is 5.28. The predicted molar refractivity (Wildman–Crippen MR) is 65.5 cm³/mol. The van der Waals surface area contributed by atoms with E-state index in [-0.39, 0.29) is 5.54 Å². The highest BCUT2D eigenvalue weighted by Crippen LogP contribution is 2.34. The molecular formula is C12H14BrN. The third kappa shape index (κ3) is 1.71. The van der Waals surface area contributed by atoms with Crippen molar-refractivity contribution in [3.63, 3.8) is 0 Å². The normalized spacial score (nSPS) is 18.1. The van der Waals surface area contributed by atoms with Gasteiger partial charge in [0.2, 0.25) is 0 Å². The summed E-state index contributed by atoms with van der Waals surface area (Å²) in [7, 11) is 0. The van der Waals surface area contributed by atoms with E-state index in [0.717, 1.165) is 4.47 Å². The van der Waals surface area contributed by atoms with Crippen molar-refractivity contribution >= 4 is 27.2 Å². The van der Waals surface area contributed by atoms with Crippen molar-refractivity contribution in [1.29, 1.82) is 0 Å². The number of rotatable bonds is 0. The lowest BCUT2D eigenvalue weighted by Crippen LogP contribution is -2.31. The number of hydrogen-bond acceptors (Lipinski definition) is 1. The molecule has 0 spiro atoms. The van der Waals surface area contributed by atoms with Crippen LogP contribution in [0.3, 0.4) is 0 Å². The number of anilines is 1. The summed E-state index contributed by atoms with van der Waals surface area (Å²) in [5, 5.41) is 3.50. The van der Waals surface area contributed by atoms with Gasteiger partial charge in [0.15, 0.2) is 0 Å². The summed E-state index contributed by atoms with van der Waals surface area (Å²) in [5.41, 5.74) is 3.91. The van der Waals surface area contributed by atoms with Crippen molar-refractivity contribution in [2.75, 3.05) is 5.32 Å². The first kappa shape index (κ1) is 9.78. The second kappa shape index (κ2) is 3.13. The largest absolute Gasteiger partial charge is 0.376 e. The molecule has 1 nitrogen and oxygen atoms in total. The maximum Gasteiger partial charge on any atom is 0.0505 e. The van der Waals surface area contributed by atoms with Gasteiger partial charge >= 0.3 is 0 Å². The van der Waals surface area contributed by atoms with Gasteiger partial charge in [-0.25, -0.2) is 0 Å². The van der Waals surface area contributed by atoms with Crippen LogP contribution in [0.5, 0.6) is 0 Å². The van der Waals surface area contributed by atoms with Crippen LogP contribution in [0.25, 0.3) is 5.57 Å². The van der Waals surface area contributed by atoms with Crippen LogP contribution < -0.4 is 5.32 Å². The van der Waals surface area contributed by atoms with E-state index in [4.69, 9.17) is 0 Å². The highest BCUT2D eigenvalue weighted by atomic mass is 79.9. The van der Waals surface area contributed by atoms with E-state index < -0.39 is 0 Å². The van der Waals surface area contributed by atoms with E-state index in [9.17, 15) is 0 Å². The Morgan fingerprint density at radius 1 is 1.29 bits per heavy atom. The topological polar surface area (TPSA) is 12.0 Å². The molecule has 0 bridgehead atoms. The first-order chi connectivity index (χ1) is 6.48. The Labute approximate surface area is 93.3 Å². The summed E-state index contributed by atoms with van der Waals surface area (Å²) in [6, 6.07) is 6.36. The highest BCUT2D eigenvalue weighted by molar-refractivity contribution is 9.10. The van der Waals surface area contributed by atoms with Crippen LogP contribution in [0.4, 0.5) is 5.69 Å². The Balaban J connectivity index is 2.56. The number of benzene rings is 1. The molecule has 1 heterocycles. The van der Waals surface area contributed by atoms with Crippen LogP contribution in [0, 0.1) is 0 Å². The van der Waals surface area contributed by atoms with Crippen LogP contribution in [0.1, 0.15) is 26.3 Å². The summed E-state index contributed by atoms with van der Waals surface area (Å²) >= 11 is 3.49. The lowest BCUT2D eigenvalue weighted by atomic mass is 9.91. The van der Waals surface area contributed by atoms with Gasteiger partial charge in [0.05, 0.1) is 5.54 Å². The minimum atomic E-state index is 0.0534. The molecule has 0 aromatic heterocycles. The highest BCUT2D eigenvalue weighted by Gasteiger charge is 2.21. The minimum absolute atomic E-state index is 0.0534. The van der Waals surface area contributed by atoms with Crippen molar-refractivity contribution in [3.05, 3.63) is 34.3 Å². The fourth-order valence-corrected chi connectivity index (χ4v) is 2.33. The maximum atomic E-state index is 3.50. The van der Waals surface area contributed by atoms with E-state index in [1.54, 1.807) is 0 Å². The van der Waals surface area contributed by atoms with Crippen LogP contribution >= 0.6 is 15.9 Å². The quantitative estimate of drug-likeness (QED) is 0.734. The molecule has 0 saturated heterocycles. The van der Waals surface area contributed by atoms with Gasteiger partial charge in [0.25, 0.3) is 0 Å². The fourth-order valence-electron chi connectivity index (χ4n) is 1.97. The zero-order chi connectivity index (χ0) is 10.3. The molecule has 0 fully saturated rings. The smallest absolute Gasteiger partial charge is 0.0505 e. The number of fused-ring (bicyclic) bond motifs is 1. The van der Waals surface area contributed by atoms with Gasteiger partial charge in [-0.2, -0.15) is 0 Å². The lowest BCUT2D eigenvalue weighted by molar-refractivity contribution is 0.707. The van der Waals surface area contributed by atoms with Gasteiger partial charge in [-0.05, 0) is 38.5 Å². The molecule has 0 amide bonds. The fraction of sp³-hybridized carbons (Fsp3) is 0.333. The number of nitrogens with one attached hydrogen (secondary N) is 1.